The number of hydrogen-bond acceptors (Lipinski definition) is 6. The van der Waals surface area contributed by atoms with E-state index in [0.29, 0.717) is 17.5 Å². The van der Waals surface area contributed by atoms with Crippen LogP contribution in [0.2, 0.25) is 5.15 Å². The maximum atomic E-state index is 12.7. The Morgan fingerprint density at radius 3 is 2.47 bits per heavy atom. The van der Waals surface area contributed by atoms with Gasteiger partial charge in [-0.2, -0.15) is 0 Å². The van der Waals surface area contributed by atoms with Gasteiger partial charge in [0.15, 0.2) is 0 Å². The van der Waals surface area contributed by atoms with E-state index in [1.165, 1.54) is 20.2 Å². The number of benzene rings is 2. The number of phenolic OH excluding ortho intramolecular Hbond substituents is 1. The van der Waals surface area contributed by atoms with Crippen LogP contribution < -0.4 is 16.6 Å². The van der Waals surface area contributed by atoms with Crippen molar-refractivity contribution in [2.45, 2.75) is 39.2 Å². The summed E-state index contributed by atoms with van der Waals surface area (Å²) in [6.07, 6.45) is 0.973. The predicted molar refractivity (Wildman–Crippen MR) is 144 cm³/mol. The lowest BCUT2D eigenvalue weighted by atomic mass is 10.1. The second-order valence-corrected chi connectivity index (χ2v) is 9.01. The van der Waals surface area contributed by atoms with Gasteiger partial charge in [0.25, 0.3) is 5.56 Å². The molecule has 0 unspecified atom stereocenters. The molecule has 2 N–H and O–H groups in total. The smallest absolute Gasteiger partial charge is 0.332 e. The number of hydrogen-bond donors (Lipinski definition) is 2. The molecule has 0 aliphatic rings. The summed E-state index contributed by atoms with van der Waals surface area (Å²) >= 11 is 6.37. The summed E-state index contributed by atoms with van der Waals surface area (Å²) in [5, 5.41) is 12.4. The van der Waals surface area contributed by atoms with Gasteiger partial charge in [-0.05, 0) is 49.1 Å². The minimum atomic E-state index is -0.721. The lowest BCUT2D eigenvalue weighted by molar-refractivity contribution is -0.140. The van der Waals surface area contributed by atoms with Crippen molar-refractivity contribution in [3.63, 3.8) is 0 Å². The molecule has 9 nitrogen and oxygen atoms in total. The molecule has 1 amide bonds. The van der Waals surface area contributed by atoms with Gasteiger partial charge in [-0.25, -0.2) is 4.79 Å². The van der Waals surface area contributed by atoms with Crippen LogP contribution in [0.3, 0.4) is 0 Å². The molecule has 0 bridgehead atoms. The van der Waals surface area contributed by atoms with Gasteiger partial charge in [-0.1, -0.05) is 53.3 Å². The minimum absolute atomic E-state index is 0.0273. The quantitative estimate of drug-likeness (QED) is 0.259. The lowest BCUT2D eigenvalue weighted by Crippen LogP contribution is -2.40. The van der Waals surface area contributed by atoms with Crippen LogP contribution in [0.1, 0.15) is 35.1 Å². The first-order valence-corrected chi connectivity index (χ1v) is 12.2. The van der Waals surface area contributed by atoms with E-state index in [1.807, 2.05) is 31.2 Å². The highest BCUT2D eigenvalue weighted by atomic mass is 35.5. The molecule has 0 fully saturated rings. The van der Waals surface area contributed by atoms with Crippen LogP contribution in [-0.2, 0) is 40.8 Å². The van der Waals surface area contributed by atoms with Crippen molar-refractivity contribution in [1.82, 2.24) is 9.13 Å². The average Bonchev–Trinajstić information content (AvgIpc) is 2.91. The highest BCUT2D eigenvalue weighted by Gasteiger charge is 2.18. The number of nitrogens with zero attached hydrogens (tertiary/aromatic N) is 2. The number of anilines is 1. The first-order valence-electron chi connectivity index (χ1n) is 11.8. The number of aromatic hydroxyl groups is 1. The van der Waals surface area contributed by atoms with E-state index < -0.39 is 23.1 Å². The zero-order chi connectivity index (χ0) is 27.8. The third-order valence-electron chi connectivity index (χ3n) is 5.88. The number of rotatable bonds is 8. The number of nitrogens with one attached hydrogen (secondary N) is 1. The van der Waals surface area contributed by atoms with Crippen molar-refractivity contribution in [2.75, 3.05) is 12.4 Å². The Morgan fingerprint density at radius 1 is 1.08 bits per heavy atom. The highest BCUT2D eigenvalue weighted by Crippen LogP contribution is 2.20. The molecule has 10 heteroatoms. The summed E-state index contributed by atoms with van der Waals surface area (Å²) in [5.74, 6) is 4.93. The number of carbonyl (C=O) groups is 2. The molecule has 2 aromatic carbocycles. The van der Waals surface area contributed by atoms with Crippen LogP contribution in [0.25, 0.3) is 0 Å². The zero-order valence-electron chi connectivity index (χ0n) is 21.3. The van der Waals surface area contributed by atoms with Crippen LogP contribution in [0, 0.1) is 18.8 Å². The van der Waals surface area contributed by atoms with E-state index in [4.69, 9.17) is 11.6 Å². The zero-order valence-corrected chi connectivity index (χ0v) is 22.1. The van der Waals surface area contributed by atoms with E-state index in [-0.39, 0.29) is 42.4 Å². The molecule has 0 atom stereocenters. The molecule has 198 valence electrons. The molecule has 0 aliphatic carbocycles. The van der Waals surface area contributed by atoms with E-state index in [0.717, 1.165) is 20.3 Å². The molecule has 0 saturated carbocycles. The molecule has 0 radical (unpaired) electrons. The van der Waals surface area contributed by atoms with E-state index in [1.54, 1.807) is 12.1 Å². The van der Waals surface area contributed by atoms with E-state index in [9.17, 15) is 24.3 Å². The monoisotopic (exact) mass is 537 g/mol. The van der Waals surface area contributed by atoms with E-state index in [2.05, 4.69) is 21.9 Å². The summed E-state index contributed by atoms with van der Waals surface area (Å²) in [4.78, 5) is 49.3. The largest absolute Gasteiger partial charge is 0.508 e. The van der Waals surface area contributed by atoms with Gasteiger partial charge in [0, 0.05) is 25.5 Å². The normalized spacial score (nSPS) is 10.4. The van der Waals surface area contributed by atoms with Crippen LogP contribution in [-0.4, -0.2) is 33.2 Å². The summed E-state index contributed by atoms with van der Waals surface area (Å²) in [6.45, 7) is 1.82. The third-order valence-corrected chi connectivity index (χ3v) is 6.27. The van der Waals surface area contributed by atoms with Gasteiger partial charge in [-0.3, -0.25) is 23.5 Å². The van der Waals surface area contributed by atoms with Crippen molar-refractivity contribution in [3.05, 3.63) is 90.7 Å². The van der Waals surface area contributed by atoms with Crippen LogP contribution in [0.4, 0.5) is 5.69 Å². The number of esters is 1. The molecule has 3 rings (SSSR count). The van der Waals surface area contributed by atoms with Crippen LogP contribution in [0.5, 0.6) is 5.75 Å². The number of amides is 1. The third kappa shape index (κ3) is 7.14. The van der Waals surface area contributed by atoms with Crippen molar-refractivity contribution < 1.29 is 19.4 Å². The highest BCUT2D eigenvalue weighted by molar-refractivity contribution is 6.32. The van der Waals surface area contributed by atoms with Gasteiger partial charge < -0.3 is 15.2 Å². The summed E-state index contributed by atoms with van der Waals surface area (Å²) < 4.78 is 6.57. The number of methoxy groups -OCH3 is 1. The van der Waals surface area contributed by atoms with E-state index >= 15 is 0 Å². The molecule has 1 heterocycles. The maximum Gasteiger partial charge on any atom is 0.332 e. The Labute approximate surface area is 224 Å². The average molecular weight is 538 g/mol. The van der Waals surface area contributed by atoms with Crippen molar-refractivity contribution in [2.24, 2.45) is 7.05 Å². The molecule has 0 saturated heterocycles. The van der Waals surface area contributed by atoms with Gasteiger partial charge in [0.05, 0.1) is 13.7 Å². The molecule has 3 aromatic rings. The number of halogens is 1. The lowest BCUT2D eigenvalue weighted by Gasteiger charge is -2.13. The van der Waals surface area contributed by atoms with Crippen molar-refractivity contribution >= 4 is 29.2 Å². The topological polar surface area (TPSA) is 120 Å². The molecular formula is C28H28ClN3O6. The number of carbonyl (C=O) groups excluding carboxylic acids is 2. The Morgan fingerprint density at radius 2 is 1.79 bits per heavy atom. The number of aromatic nitrogens is 2. The summed E-state index contributed by atoms with van der Waals surface area (Å²) in [7, 11) is 2.58. The predicted octanol–water partition coefficient (Wildman–Crippen LogP) is 2.94. The first kappa shape index (κ1) is 28.3. The van der Waals surface area contributed by atoms with Crippen LogP contribution >= 0.6 is 11.6 Å². The first-order chi connectivity index (χ1) is 18.1. The molecule has 1 aromatic heterocycles. The molecule has 0 aliphatic heterocycles. The van der Waals surface area contributed by atoms with Gasteiger partial charge in [-0.15, -0.1) is 0 Å². The maximum absolute atomic E-state index is 12.7. The Hall–Kier alpha value is -4.29. The Balaban J connectivity index is 1.77. The number of phenols is 1. The molecular weight excluding hydrogens is 510 g/mol. The molecule has 38 heavy (non-hydrogen) atoms. The SMILES string of the molecule is COC(=O)CCc1cc(C#CCn2c(Cl)c(NC(=O)CCc3ccc(C)cc3)c(=O)n(C)c2=O)ccc1O. The van der Waals surface area contributed by atoms with Gasteiger partial charge in [0.2, 0.25) is 5.91 Å². The Kier molecular flexibility index (Phi) is 9.52. The summed E-state index contributed by atoms with van der Waals surface area (Å²) in [5.41, 5.74) is 1.56. The standard InChI is InChI=1S/C28H28ClN3O6/c1-18-6-8-19(9-7-18)11-14-23(34)30-25-26(29)32(28(37)31(2)27(25)36)16-4-5-20-10-13-22(33)21(17-20)12-15-24(35)38-3/h6-10,13,17,33H,11-12,14-16H2,1-3H3,(H,30,34). The minimum Gasteiger partial charge on any atom is -0.508 e. The van der Waals surface area contributed by atoms with Crippen LogP contribution in [0.15, 0.2) is 52.1 Å². The fourth-order valence-corrected chi connectivity index (χ4v) is 3.88. The fourth-order valence-electron chi connectivity index (χ4n) is 3.62. The number of ether oxygens (including phenoxy) is 1. The van der Waals surface area contributed by atoms with Crippen molar-refractivity contribution in [3.8, 4) is 17.6 Å². The second-order valence-electron chi connectivity index (χ2n) is 8.65. The van der Waals surface area contributed by atoms with Gasteiger partial charge in [0.1, 0.15) is 16.6 Å². The fraction of sp³-hybridized carbons (Fsp3) is 0.286. The second kappa shape index (κ2) is 12.8. The van der Waals surface area contributed by atoms with Crippen molar-refractivity contribution in [1.29, 1.82) is 0 Å². The van der Waals surface area contributed by atoms with Gasteiger partial charge >= 0.3 is 11.7 Å². The Bertz CT molecular complexity index is 1530. The number of aryl methyl sites for hydroxylation is 3. The molecule has 0 spiro atoms. The summed E-state index contributed by atoms with van der Waals surface area (Å²) in [6, 6.07) is 12.5.